The molecule has 0 atom stereocenters. The normalized spacial score (nSPS) is 14.0. The number of fused-ring (bicyclic) bond motifs is 1. The van der Waals surface area contributed by atoms with Crippen LogP contribution in [0.3, 0.4) is 0 Å². The number of alkyl halides is 3. The molecule has 0 aliphatic heterocycles. The Hall–Kier alpha value is -2.41. The largest absolute Gasteiger partial charge is 0.426 e. The van der Waals surface area contributed by atoms with Crippen LogP contribution in [0.25, 0.3) is 11.3 Å². The molecule has 3 aromatic rings. The molecule has 7 heteroatoms. The van der Waals surface area contributed by atoms with Crippen molar-refractivity contribution < 1.29 is 13.2 Å². The van der Waals surface area contributed by atoms with Gasteiger partial charge in [-0.1, -0.05) is 24.3 Å². The van der Waals surface area contributed by atoms with Gasteiger partial charge < -0.3 is 5.32 Å². The number of benzene rings is 1. The lowest BCUT2D eigenvalue weighted by Gasteiger charge is -2.14. The molecule has 1 aliphatic rings. The zero-order chi connectivity index (χ0) is 19.7. The first-order valence-electron chi connectivity index (χ1n) is 9.26. The Kier molecular flexibility index (Phi) is 5.10. The molecule has 2 heterocycles. The first-order chi connectivity index (χ1) is 13.4. The van der Waals surface area contributed by atoms with Gasteiger partial charge in [0.15, 0.2) is 0 Å². The molecule has 0 bridgehead atoms. The minimum absolute atomic E-state index is 0.227. The van der Waals surface area contributed by atoms with Crippen LogP contribution in [0.15, 0.2) is 36.7 Å². The van der Waals surface area contributed by atoms with E-state index in [1.54, 1.807) is 0 Å². The molecule has 28 heavy (non-hydrogen) atoms. The summed E-state index contributed by atoms with van der Waals surface area (Å²) >= 11 is 0.869. The Morgan fingerprint density at radius 2 is 1.86 bits per heavy atom. The van der Waals surface area contributed by atoms with Gasteiger partial charge in [0.2, 0.25) is 0 Å². The highest BCUT2D eigenvalue weighted by Crippen LogP contribution is 2.47. The Balaban J connectivity index is 1.61. The van der Waals surface area contributed by atoms with Crippen LogP contribution in [0.4, 0.5) is 19.0 Å². The molecule has 0 fully saturated rings. The van der Waals surface area contributed by atoms with Crippen LogP contribution in [0.2, 0.25) is 0 Å². The quantitative estimate of drug-likeness (QED) is 0.579. The summed E-state index contributed by atoms with van der Waals surface area (Å²) in [5, 5.41) is 3.19. The summed E-state index contributed by atoms with van der Waals surface area (Å²) in [6.45, 7) is 2.62. The van der Waals surface area contributed by atoms with Crippen molar-refractivity contribution >= 4 is 17.2 Å². The second-order valence-corrected chi connectivity index (χ2v) is 8.08. The molecule has 4 rings (SSSR count). The van der Waals surface area contributed by atoms with Crippen molar-refractivity contribution in [2.75, 3.05) is 5.32 Å². The third-order valence-electron chi connectivity index (χ3n) is 5.06. The summed E-state index contributed by atoms with van der Waals surface area (Å²) in [6, 6.07) is 8.01. The molecule has 0 amide bonds. The van der Waals surface area contributed by atoms with E-state index in [0.29, 0.717) is 30.9 Å². The minimum Gasteiger partial charge on any atom is -0.365 e. The number of halogens is 3. The monoisotopic (exact) mass is 403 g/mol. The van der Waals surface area contributed by atoms with Crippen molar-refractivity contribution in [2.45, 2.75) is 45.3 Å². The molecular weight excluding hydrogens is 383 g/mol. The second-order valence-electron chi connectivity index (χ2n) is 6.98. The molecular formula is C21H20F3N3S. The van der Waals surface area contributed by atoms with E-state index in [0.717, 1.165) is 40.2 Å². The third kappa shape index (κ3) is 3.76. The van der Waals surface area contributed by atoms with E-state index >= 15 is 0 Å². The molecule has 0 unspecified atom stereocenters. The van der Waals surface area contributed by atoms with Gasteiger partial charge in [0, 0.05) is 17.0 Å². The average Bonchev–Trinajstić information content (AvgIpc) is 3.08. The summed E-state index contributed by atoms with van der Waals surface area (Å²) in [7, 11) is 0. The summed E-state index contributed by atoms with van der Waals surface area (Å²) in [4.78, 5) is 8.93. The summed E-state index contributed by atoms with van der Waals surface area (Å²) in [5.41, 5.74) is 3.63. The molecule has 0 saturated carbocycles. The lowest BCUT2D eigenvalue weighted by molar-refractivity contribution is -0.133. The molecule has 0 radical (unpaired) electrons. The predicted octanol–water partition coefficient (Wildman–Crippen LogP) is 6.02. The van der Waals surface area contributed by atoms with E-state index in [1.165, 1.54) is 18.0 Å². The molecule has 1 aromatic carbocycles. The molecule has 146 valence electrons. The van der Waals surface area contributed by atoms with E-state index in [2.05, 4.69) is 15.3 Å². The van der Waals surface area contributed by atoms with Crippen molar-refractivity contribution in [3.8, 4) is 11.3 Å². The van der Waals surface area contributed by atoms with Crippen molar-refractivity contribution in [1.29, 1.82) is 0 Å². The molecule has 1 aliphatic carbocycles. The number of hydrogen-bond donors (Lipinski definition) is 1. The Bertz CT molecular complexity index is 978. The first-order valence-corrected chi connectivity index (χ1v) is 10.1. The van der Waals surface area contributed by atoms with E-state index in [9.17, 15) is 13.2 Å². The predicted molar refractivity (Wildman–Crippen MR) is 105 cm³/mol. The van der Waals surface area contributed by atoms with Crippen LogP contribution in [-0.4, -0.2) is 9.97 Å². The lowest BCUT2D eigenvalue weighted by atomic mass is 9.93. The van der Waals surface area contributed by atoms with Crippen molar-refractivity contribution in [3.05, 3.63) is 63.1 Å². The van der Waals surface area contributed by atoms with Gasteiger partial charge >= 0.3 is 6.18 Å². The number of aromatic nitrogens is 2. The number of aryl methyl sites for hydroxylation is 2. The van der Waals surface area contributed by atoms with Gasteiger partial charge in [0.1, 0.15) is 10.7 Å². The number of hydrogen-bond acceptors (Lipinski definition) is 4. The van der Waals surface area contributed by atoms with Gasteiger partial charge in [-0.2, -0.15) is 13.2 Å². The Morgan fingerprint density at radius 1 is 1.07 bits per heavy atom. The SMILES string of the molecule is Cc1ccccc1CNc1cnc(-c2c(C(F)(F)F)sc3c2CCCC3)cn1. The summed E-state index contributed by atoms with van der Waals surface area (Å²) in [5.74, 6) is 0.546. The average molecular weight is 403 g/mol. The maximum atomic E-state index is 13.6. The van der Waals surface area contributed by atoms with Crippen LogP contribution in [-0.2, 0) is 25.6 Å². The van der Waals surface area contributed by atoms with Crippen LogP contribution in [0, 0.1) is 6.92 Å². The van der Waals surface area contributed by atoms with Crippen LogP contribution in [0.5, 0.6) is 0 Å². The lowest BCUT2D eigenvalue weighted by Crippen LogP contribution is -2.07. The summed E-state index contributed by atoms with van der Waals surface area (Å²) < 4.78 is 40.8. The number of nitrogens with one attached hydrogen (secondary N) is 1. The zero-order valence-electron chi connectivity index (χ0n) is 15.4. The standard InChI is InChI=1S/C21H20F3N3S/c1-13-6-2-3-7-14(13)10-26-18-12-25-16(11-27-18)19-15-8-4-5-9-17(15)28-20(19)21(22,23)24/h2-3,6-7,11-12H,4-5,8-10H2,1H3,(H,26,27). The van der Waals surface area contributed by atoms with Crippen molar-refractivity contribution in [2.24, 2.45) is 0 Å². The molecule has 1 N–H and O–H groups in total. The fraction of sp³-hybridized carbons (Fsp3) is 0.333. The van der Waals surface area contributed by atoms with Gasteiger partial charge in [0.25, 0.3) is 0 Å². The Morgan fingerprint density at radius 3 is 2.57 bits per heavy atom. The third-order valence-corrected chi connectivity index (χ3v) is 6.39. The zero-order valence-corrected chi connectivity index (χ0v) is 16.3. The van der Waals surface area contributed by atoms with Gasteiger partial charge in [-0.3, -0.25) is 4.98 Å². The van der Waals surface area contributed by atoms with Crippen molar-refractivity contribution in [3.63, 3.8) is 0 Å². The van der Waals surface area contributed by atoms with Crippen molar-refractivity contribution in [1.82, 2.24) is 9.97 Å². The van der Waals surface area contributed by atoms with Gasteiger partial charge in [-0.05, 0) is 49.3 Å². The number of thiophene rings is 1. The number of rotatable bonds is 4. The van der Waals surface area contributed by atoms with Crippen LogP contribution < -0.4 is 5.32 Å². The maximum absolute atomic E-state index is 13.6. The minimum atomic E-state index is -4.37. The second kappa shape index (κ2) is 7.54. The number of nitrogens with zero attached hydrogens (tertiary/aromatic N) is 2. The van der Waals surface area contributed by atoms with E-state index in [-0.39, 0.29) is 5.56 Å². The fourth-order valence-electron chi connectivity index (χ4n) is 3.58. The Labute approximate surface area is 165 Å². The number of anilines is 1. The highest BCUT2D eigenvalue weighted by atomic mass is 32.1. The van der Waals surface area contributed by atoms with Gasteiger partial charge in [-0.25, -0.2) is 4.98 Å². The van der Waals surface area contributed by atoms with E-state index in [4.69, 9.17) is 0 Å². The van der Waals surface area contributed by atoms with E-state index in [1.807, 2.05) is 31.2 Å². The van der Waals surface area contributed by atoms with Gasteiger partial charge in [-0.15, -0.1) is 11.3 Å². The summed E-state index contributed by atoms with van der Waals surface area (Å²) in [6.07, 6.45) is 1.84. The fourth-order valence-corrected chi connectivity index (χ4v) is 4.84. The smallest absolute Gasteiger partial charge is 0.365 e. The first kappa shape index (κ1) is 18.9. The van der Waals surface area contributed by atoms with Crippen LogP contribution in [0.1, 0.15) is 39.3 Å². The molecule has 0 saturated heterocycles. The maximum Gasteiger partial charge on any atom is 0.426 e. The molecule has 3 nitrogen and oxygen atoms in total. The van der Waals surface area contributed by atoms with Crippen LogP contribution >= 0.6 is 11.3 Å². The highest BCUT2D eigenvalue weighted by Gasteiger charge is 2.39. The van der Waals surface area contributed by atoms with Gasteiger partial charge in [0.05, 0.1) is 18.1 Å². The molecule has 0 spiro atoms. The molecule has 2 aromatic heterocycles. The van der Waals surface area contributed by atoms with E-state index < -0.39 is 11.1 Å². The highest BCUT2D eigenvalue weighted by molar-refractivity contribution is 7.12. The topological polar surface area (TPSA) is 37.8 Å².